The van der Waals surface area contributed by atoms with E-state index in [1.54, 1.807) is 26.0 Å². The smallest absolute Gasteiger partial charge is 0.338 e. The molecule has 0 amide bonds. The van der Waals surface area contributed by atoms with Crippen LogP contribution in [0.4, 0.5) is 5.69 Å². The van der Waals surface area contributed by atoms with Gasteiger partial charge in [0, 0.05) is 6.26 Å². The summed E-state index contributed by atoms with van der Waals surface area (Å²) in [6, 6.07) is 9.50. The number of carbonyl (C=O) groups is 1. The maximum atomic E-state index is 12.5. The van der Waals surface area contributed by atoms with Crippen molar-refractivity contribution in [2.24, 2.45) is 0 Å². The molecule has 0 saturated heterocycles. The average molecular weight is 397 g/mol. The van der Waals surface area contributed by atoms with Gasteiger partial charge in [-0.05, 0) is 55.8 Å². The van der Waals surface area contributed by atoms with Gasteiger partial charge in [-0.1, -0.05) is 6.07 Å². The van der Waals surface area contributed by atoms with Crippen LogP contribution in [-0.2, 0) is 24.6 Å². The van der Waals surface area contributed by atoms with E-state index in [0.29, 0.717) is 5.56 Å². The summed E-state index contributed by atoms with van der Waals surface area (Å²) in [7, 11) is -7.37. The Morgan fingerprint density at radius 1 is 1.00 bits per heavy atom. The number of carbonyl (C=O) groups excluding carboxylic acids is 1. The van der Waals surface area contributed by atoms with Crippen molar-refractivity contribution in [2.75, 3.05) is 17.6 Å². The third-order valence-corrected chi connectivity index (χ3v) is 6.15. The lowest BCUT2D eigenvalue weighted by Gasteiger charge is -2.13. The van der Waals surface area contributed by atoms with E-state index < -0.39 is 25.8 Å². The fourth-order valence-corrected chi connectivity index (χ4v) is 4.00. The van der Waals surface area contributed by atoms with Crippen LogP contribution in [0.2, 0.25) is 0 Å². The van der Waals surface area contributed by atoms with Crippen LogP contribution in [0.1, 0.15) is 22.8 Å². The van der Waals surface area contributed by atoms with Crippen molar-refractivity contribution in [3.63, 3.8) is 0 Å². The number of benzene rings is 2. The summed E-state index contributed by atoms with van der Waals surface area (Å²) in [5.41, 5.74) is 0.935. The molecule has 0 saturated carbocycles. The van der Waals surface area contributed by atoms with Crippen molar-refractivity contribution in [1.29, 1.82) is 0 Å². The molecule has 7 nitrogen and oxygen atoms in total. The van der Waals surface area contributed by atoms with Gasteiger partial charge in [-0.25, -0.2) is 21.6 Å². The van der Waals surface area contributed by atoms with E-state index in [1.807, 2.05) is 0 Å². The molecule has 0 aromatic heterocycles. The van der Waals surface area contributed by atoms with Gasteiger partial charge >= 0.3 is 5.97 Å². The number of anilines is 1. The van der Waals surface area contributed by atoms with E-state index in [2.05, 4.69) is 4.72 Å². The van der Waals surface area contributed by atoms with E-state index in [0.717, 1.165) is 6.26 Å². The molecule has 26 heavy (non-hydrogen) atoms. The first-order valence-corrected chi connectivity index (χ1v) is 11.0. The fourth-order valence-electron chi connectivity index (χ4n) is 2.25. The molecule has 0 aliphatic heterocycles. The minimum Gasteiger partial charge on any atom is -0.462 e. The molecule has 0 spiro atoms. The number of esters is 1. The highest BCUT2D eigenvalue weighted by atomic mass is 32.2. The van der Waals surface area contributed by atoms with Gasteiger partial charge in [0.2, 0.25) is 0 Å². The van der Waals surface area contributed by atoms with Crippen LogP contribution in [0.25, 0.3) is 0 Å². The number of rotatable bonds is 6. The highest BCUT2D eigenvalue weighted by Crippen LogP contribution is 2.24. The molecule has 0 bridgehead atoms. The van der Waals surface area contributed by atoms with E-state index >= 15 is 0 Å². The molecule has 2 rings (SSSR count). The normalized spacial score (nSPS) is 11.8. The second kappa shape index (κ2) is 7.46. The highest BCUT2D eigenvalue weighted by Gasteiger charge is 2.19. The van der Waals surface area contributed by atoms with E-state index in [4.69, 9.17) is 4.74 Å². The van der Waals surface area contributed by atoms with Crippen molar-refractivity contribution < 1.29 is 26.4 Å². The number of sulfonamides is 1. The molecule has 0 fully saturated rings. The predicted molar refractivity (Wildman–Crippen MR) is 97.5 cm³/mol. The maximum absolute atomic E-state index is 12.5. The molecular formula is C17H19NO6S2. The lowest BCUT2D eigenvalue weighted by Crippen LogP contribution is -2.15. The first-order valence-electron chi connectivity index (χ1n) is 7.66. The second-order valence-corrected chi connectivity index (χ2v) is 9.25. The van der Waals surface area contributed by atoms with Gasteiger partial charge in [0.1, 0.15) is 0 Å². The lowest BCUT2D eigenvalue weighted by atomic mass is 10.1. The quantitative estimate of drug-likeness (QED) is 0.750. The Kier molecular flexibility index (Phi) is 5.72. The number of nitrogens with one attached hydrogen (secondary N) is 1. The van der Waals surface area contributed by atoms with Crippen LogP contribution in [-0.4, -0.2) is 35.7 Å². The summed E-state index contributed by atoms with van der Waals surface area (Å²) in [4.78, 5) is 11.9. The third kappa shape index (κ3) is 4.41. The standard InChI is InChI=1S/C17H19NO6S2/c1-4-24-17(19)15-6-5-7-16(12(15)2)18-26(22,23)14-10-8-13(9-11-14)25(3,20)21/h5-11,18H,4H2,1-3H3. The fraction of sp³-hybridized carbons (Fsp3) is 0.235. The van der Waals surface area contributed by atoms with Crippen molar-refractivity contribution >= 4 is 31.5 Å². The van der Waals surface area contributed by atoms with Crippen LogP contribution >= 0.6 is 0 Å². The summed E-state index contributed by atoms with van der Waals surface area (Å²) >= 11 is 0. The monoisotopic (exact) mass is 397 g/mol. The van der Waals surface area contributed by atoms with E-state index in [1.165, 1.54) is 30.3 Å². The lowest BCUT2D eigenvalue weighted by molar-refractivity contribution is 0.0525. The van der Waals surface area contributed by atoms with Gasteiger partial charge in [0.25, 0.3) is 10.0 Å². The summed E-state index contributed by atoms with van der Waals surface area (Å²) in [5.74, 6) is -0.538. The minimum atomic E-state index is -3.95. The second-order valence-electron chi connectivity index (χ2n) is 5.55. The van der Waals surface area contributed by atoms with Crippen LogP contribution in [0, 0.1) is 6.92 Å². The zero-order valence-corrected chi connectivity index (χ0v) is 16.1. The van der Waals surface area contributed by atoms with Gasteiger partial charge in [-0.15, -0.1) is 0 Å². The average Bonchev–Trinajstić information content (AvgIpc) is 2.56. The van der Waals surface area contributed by atoms with Crippen molar-refractivity contribution in [3.05, 3.63) is 53.6 Å². The first-order chi connectivity index (χ1) is 12.1. The number of hydrogen-bond acceptors (Lipinski definition) is 6. The van der Waals surface area contributed by atoms with E-state index in [9.17, 15) is 21.6 Å². The molecule has 0 atom stereocenters. The summed E-state index contributed by atoms with van der Waals surface area (Å²) < 4.78 is 55.4. The SMILES string of the molecule is CCOC(=O)c1cccc(NS(=O)(=O)c2ccc(S(C)(=O)=O)cc2)c1C. The largest absolute Gasteiger partial charge is 0.462 e. The number of sulfone groups is 1. The zero-order valence-electron chi connectivity index (χ0n) is 14.5. The van der Waals surface area contributed by atoms with Gasteiger partial charge in [0.05, 0.1) is 27.6 Å². The molecule has 1 N–H and O–H groups in total. The molecule has 0 aliphatic carbocycles. The van der Waals surface area contributed by atoms with Crippen LogP contribution < -0.4 is 4.72 Å². The van der Waals surface area contributed by atoms with E-state index in [-0.39, 0.29) is 27.6 Å². The summed E-state index contributed by atoms with van der Waals surface area (Å²) in [6.45, 7) is 3.50. The molecule has 140 valence electrons. The number of ether oxygens (including phenoxy) is 1. The Morgan fingerprint density at radius 2 is 1.58 bits per heavy atom. The van der Waals surface area contributed by atoms with Gasteiger partial charge < -0.3 is 4.74 Å². The highest BCUT2D eigenvalue weighted by molar-refractivity contribution is 7.92. The minimum absolute atomic E-state index is 0.0249. The Hall–Kier alpha value is -2.39. The van der Waals surface area contributed by atoms with Gasteiger partial charge in [-0.2, -0.15) is 0 Å². The molecule has 0 heterocycles. The third-order valence-electron chi connectivity index (χ3n) is 3.64. The predicted octanol–water partition coefficient (Wildman–Crippen LogP) is 2.38. The molecular weight excluding hydrogens is 378 g/mol. The van der Waals surface area contributed by atoms with Crippen molar-refractivity contribution in [2.45, 2.75) is 23.6 Å². The van der Waals surface area contributed by atoms with Crippen LogP contribution in [0.15, 0.2) is 52.3 Å². The Balaban J connectivity index is 2.35. The van der Waals surface area contributed by atoms with Gasteiger partial charge in [0.15, 0.2) is 9.84 Å². The van der Waals surface area contributed by atoms with Gasteiger partial charge in [-0.3, -0.25) is 4.72 Å². The summed E-state index contributed by atoms with van der Waals surface area (Å²) in [6.07, 6.45) is 1.04. The zero-order chi connectivity index (χ0) is 19.5. The maximum Gasteiger partial charge on any atom is 0.338 e. The Labute approximate surface area is 153 Å². The number of hydrogen-bond donors (Lipinski definition) is 1. The van der Waals surface area contributed by atoms with Crippen LogP contribution in [0.5, 0.6) is 0 Å². The summed E-state index contributed by atoms with van der Waals surface area (Å²) in [5, 5.41) is 0. The molecule has 0 aliphatic rings. The Bertz CT molecular complexity index is 1030. The van der Waals surface area contributed by atoms with Crippen LogP contribution in [0.3, 0.4) is 0 Å². The molecule has 2 aromatic carbocycles. The first kappa shape index (κ1) is 19.9. The molecule has 0 unspecified atom stereocenters. The van der Waals surface area contributed by atoms with Crippen molar-refractivity contribution in [1.82, 2.24) is 0 Å². The topological polar surface area (TPSA) is 107 Å². The molecule has 2 aromatic rings. The Morgan fingerprint density at radius 3 is 2.12 bits per heavy atom. The molecule has 0 radical (unpaired) electrons. The van der Waals surface area contributed by atoms with Crippen molar-refractivity contribution in [3.8, 4) is 0 Å². The molecule has 9 heteroatoms.